The monoisotopic (exact) mass is 295 g/mol. The molecule has 0 saturated heterocycles. The molecular formula is C14H19N2O5+. The van der Waals surface area contributed by atoms with Crippen molar-refractivity contribution >= 4 is 0 Å². The molecule has 1 unspecified atom stereocenters. The van der Waals surface area contributed by atoms with Gasteiger partial charge < -0.3 is 19.1 Å². The van der Waals surface area contributed by atoms with Crippen molar-refractivity contribution in [1.82, 2.24) is 0 Å². The highest BCUT2D eigenvalue weighted by Gasteiger charge is 2.43. The highest BCUT2D eigenvalue weighted by molar-refractivity contribution is 5.61. The summed E-state index contributed by atoms with van der Waals surface area (Å²) in [6.45, 7) is 2.65. The van der Waals surface area contributed by atoms with E-state index in [9.17, 15) is 10.1 Å². The van der Waals surface area contributed by atoms with Gasteiger partial charge in [-0.3, -0.25) is 10.1 Å². The molecule has 0 fully saturated rings. The third-order valence-electron chi connectivity index (χ3n) is 4.39. The van der Waals surface area contributed by atoms with E-state index in [2.05, 4.69) is 0 Å². The molecule has 0 saturated carbocycles. The van der Waals surface area contributed by atoms with E-state index in [0.717, 1.165) is 29.0 Å². The highest BCUT2D eigenvalue weighted by atomic mass is 16.7. The maximum Gasteiger partial charge on any atom is 0.265 e. The number of likely N-dealkylation sites (N-methyl/N-ethyl adjacent to an activating group) is 1. The van der Waals surface area contributed by atoms with Crippen LogP contribution in [0.1, 0.15) is 24.1 Å². The zero-order valence-corrected chi connectivity index (χ0v) is 12.3. The first-order valence-corrected chi connectivity index (χ1v) is 6.99. The van der Waals surface area contributed by atoms with E-state index < -0.39 is 6.04 Å². The molecule has 1 aromatic carbocycles. The van der Waals surface area contributed by atoms with E-state index in [1.165, 1.54) is 0 Å². The first kappa shape index (κ1) is 13.9. The maximum atomic E-state index is 11.3. The molecule has 114 valence electrons. The molecule has 2 aliphatic rings. The van der Waals surface area contributed by atoms with Crippen molar-refractivity contribution in [3.05, 3.63) is 27.3 Å². The summed E-state index contributed by atoms with van der Waals surface area (Å²) in [5, 5.41) is 11.3. The lowest BCUT2D eigenvalue weighted by Gasteiger charge is -2.33. The third kappa shape index (κ3) is 2.08. The van der Waals surface area contributed by atoms with Gasteiger partial charge in [0.1, 0.15) is 0 Å². The first-order valence-electron chi connectivity index (χ1n) is 6.99. The van der Waals surface area contributed by atoms with Gasteiger partial charge in [-0.05, 0) is 11.6 Å². The van der Waals surface area contributed by atoms with Gasteiger partial charge in [0.2, 0.25) is 12.5 Å². The van der Waals surface area contributed by atoms with E-state index in [-0.39, 0.29) is 17.8 Å². The average Bonchev–Trinajstić information content (AvgIpc) is 2.92. The number of hydrogen-bond acceptors (Lipinski definition) is 5. The molecule has 0 bridgehead atoms. The predicted molar refractivity (Wildman–Crippen MR) is 73.8 cm³/mol. The molecular weight excluding hydrogens is 276 g/mol. The summed E-state index contributed by atoms with van der Waals surface area (Å²) in [4.78, 5) is 12.2. The molecule has 7 nitrogen and oxygen atoms in total. The number of methoxy groups -OCH3 is 1. The normalized spacial score (nSPS) is 24.3. The molecule has 0 aliphatic carbocycles. The van der Waals surface area contributed by atoms with E-state index in [1.54, 1.807) is 14.0 Å². The fourth-order valence-electron chi connectivity index (χ4n) is 3.34. The van der Waals surface area contributed by atoms with E-state index in [4.69, 9.17) is 14.2 Å². The number of hydrogen-bond donors (Lipinski definition) is 1. The Morgan fingerprint density at radius 3 is 2.95 bits per heavy atom. The van der Waals surface area contributed by atoms with E-state index >= 15 is 0 Å². The number of nitrogens with one attached hydrogen (secondary N) is 1. The van der Waals surface area contributed by atoms with Crippen molar-refractivity contribution in [1.29, 1.82) is 0 Å². The summed E-state index contributed by atoms with van der Waals surface area (Å²) in [5.41, 5.74) is 1.94. The molecule has 21 heavy (non-hydrogen) atoms. The van der Waals surface area contributed by atoms with E-state index in [0.29, 0.717) is 17.2 Å². The quantitative estimate of drug-likeness (QED) is 0.637. The minimum Gasteiger partial charge on any atom is -0.492 e. The lowest BCUT2D eigenvalue weighted by molar-refractivity contribution is -0.927. The van der Waals surface area contributed by atoms with Gasteiger partial charge in [0, 0.05) is 18.3 Å². The van der Waals surface area contributed by atoms with Crippen LogP contribution in [0.15, 0.2) is 6.07 Å². The minimum atomic E-state index is -0.696. The molecule has 0 amide bonds. The number of rotatable bonds is 3. The fourth-order valence-corrected chi connectivity index (χ4v) is 3.34. The average molecular weight is 295 g/mol. The zero-order chi connectivity index (χ0) is 15.1. The van der Waals surface area contributed by atoms with Gasteiger partial charge in [-0.15, -0.1) is 0 Å². The summed E-state index contributed by atoms with van der Waals surface area (Å²) in [5.74, 6) is 1.81. The number of quaternary nitrogens is 1. The Hall–Kier alpha value is -2.02. The van der Waals surface area contributed by atoms with Crippen molar-refractivity contribution < 1.29 is 24.0 Å². The predicted octanol–water partition coefficient (Wildman–Crippen LogP) is 0.201. The zero-order valence-electron chi connectivity index (χ0n) is 12.3. The Balaban J connectivity index is 2.18. The molecule has 0 radical (unpaired) electrons. The van der Waals surface area contributed by atoms with Gasteiger partial charge in [-0.2, -0.15) is 0 Å². The number of nitro groups is 1. The molecule has 1 aromatic rings. The molecule has 2 aliphatic heterocycles. The van der Waals surface area contributed by atoms with Crippen molar-refractivity contribution in [2.45, 2.75) is 25.4 Å². The smallest absolute Gasteiger partial charge is 0.265 e. The summed E-state index contributed by atoms with van der Waals surface area (Å²) >= 11 is 0. The third-order valence-corrected chi connectivity index (χ3v) is 4.39. The second kappa shape index (κ2) is 5.07. The number of ether oxygens (including phenoxy) is 3. The van der Waals surface area contributed by atoms with Crippen LogP contribution in [-0.4, -0.2) is 38.5 Å². The van der Waals surface area contributed by atoms with Gasteiger partial charge in [-0.25, -0.2) is 0 Å². The Bertz CT molecular complexity index is 589. The molecule has 0 aromatic heterocycles. The van der Waals surface area contributed by atoms with Crippen LogP contribution in [0.5, 0.6) is 17.2 Å². The highest BCUT2D eigenvalue weighted by Crippen LogP contribution is 2.47. The Morgan fingerprint density at radius 2 is 2.29 bits per heavy atom. The largest absolute Gasteiger partial charge is 0.492 e. The SMILES string of the molecule is COc1c2c(cc3c1[C@H]([C@H](C)[N+](=O)[O-])[NH+](C)CC3)OCO2. The van der Waals surface area contributed by atoms with Crippen LogP contribution < -0.4 is 19.1 Å². The number of nitrogens with zero attached hydrogens (tertiary/aromatic N) is 1. The maximum absolute atomic E-state index is 11.3. The van der Waals surface area contributed by atoms with Gasteiger partial charge in [0.05, 0.1) is 26.3 Å². The minimum absolute atomic E-state index is 0.159. The Labute approximate surface area is 122 Å². The second-order valence-corrected chi connectivity index (χ2v) is 5.57. The standard InChI is InChI=1S/C14H18N2O5/c1-8(16(17)18)12-11-9(4-5-15(12)2)6-10-13(14(11)19-3)21-7-20-10/h6,8,12H,4-5,7H2,1-3H3/p+1/t8-,12-/m0/s1. The Kier molecular flexibility index (Phi) is 3.36. The van der Waals surface area contributed by atoms with Crippen LogP contribution in [0, 0.1) is 10.1 Å². The fraction of sp³-hybridized carbons (Fsp3) is 0.571. The summed E-state index contributed by atoms with van der Waals surface area (Å²) < 4.78 is 16.4. The van der Waals surface area contributed by atoms with Gasteiger partial charge in [-0.1, -0.05) is 0 Å². The van der Waals surface area contributed by atoms with Crippen molar-refractivity contribution in [3.63, 3.8) is 0 Å². The van der Waals surface area contributed by atoms with Crippen LogP contribution >= 0.6 is 0 Å². The topological polar surface area (TPSA) is 75.3 Å². The lowest BCUT2D eigenvalue weighted by atomic mass is 9.88. The van der Waals surface area contributed by atoms with Crippen LogP contribution in [-0.2, 0) is 6.42 Å². The van der Waals surface area contributed by atoms with Gasteiger partial charge >= 0.3 is 0 Å². The van der Waals surface area contributed by atoms with Crippen molar-refractivity contribution in [3.8, 4) is 17.2 Å². The molecule has 0 spiro atoms. The van der Waals surface area contributed by atoms with Crippen LogP contribution in [0.25, 0.3) is 0 Å². The van der Waals surface area contributed by atoms with Crippen molar-refractivity contribution in [2.24, 2.45) is 0 Å². The molecule has 7 heteroatoms. The number of fused-ring (bicyclic) bond motifs is 2. The van der Waals surface area contributed by atoms with Gasteiger partial charge in [0.25, 0.3) is 6.04 Å². The van der Waals surface area contributed by atoms with Crippen LogP contribution in [0.2, 0.25) is 0 Å². The molecule has 3 rings (SSSR count). The van der Waals surface area contributed by atoms with Gasteiger partial charge in [0.15, 0.2) is 17.5 Å². The lowest BCUT2D eigenvalue weighted by Crippen LogP contribution is -3.11. The van der Waals surface area contributed by atoms with Crippen LogP contribution in [0.3, 0.4) is 0 Å². The summed E-state index contributed by atoms with van der Waals surface area (Å²) in [6, 6.07) is 0.985. The van der Waals surface area contributed by atoms with E-state index in [1.807, 2.05) is 13.1 Å². The molecule has 1 N–H and O–H groups in total. The van der Waals surface area contributed by atoms with Crippen molar-refractivity contribution in [2.75, 3.05) is 27.5 Å². The second-order valence-electron chi connectivity index (χ2n) is 5.57. The summed E-state index contributed by atoms with van der Waals surface area (Å²) in [7, 11) is 3.55. The molecule has 3 atom stereocenters. The first-order chi connectivity index (χ1) is 10.0. The Morgan fingerprint density at radius 1 is 1.52 bits per heavy atom. The van der Waals surface area contributed by atoms with Crippen LogP contribution in [0.4, 0.5) is 0 Å². The molecule has 2 heterocycles. The number of benzene rings is 1. The summed E-state index contributed by atoms with van der Waals surface area (Å²) in [6.07, 6.45) is 0.842.